The largest absolute Gasteiger partial charge is 0.466 e. The van der Waals surface area contributed by atoms with Crippen molar-refractivity contribution in [1.29, 1.82) is 0 Å². The molecule has 2 aromatic heterocycles. The molecule has 1 aliphatic heterocycles. The van der Waals surface area contributed by atoms with E-state index in [0.717, 1.165) is 35.5 Å². The first kappa shape index (κ1) is 19.5. The van der Waals surface area contributed by atoms with Gasteiger partial charge in [0.2, 0.25) is 0 Å². The van der Waals surface area contributed by atoms with Crippen LogP contribution >= 0.6 is 0 Å². The number of allylic oxidation sites excluding steroid dienone is 1. The zero-order valence-electron chi connectivity index (χ0n) is 17.1. The van der Waals surface area contributed by atoms with Crippen molar-refractivity contribution in [2.24, 2.45) is 0 Å². The second-order valence-electron chi connectivity index (χ2n) is 7.88. The lowest BCUT2D eigenvalue weighted by Gasteiger charge is -2.41. The van der Waals surface area contributed by atoms with Gasteiger partial charge >= 0.3 is 6.03 Å². The van der Waals surface area contributed by atoms with Gasteiger partial charge in [0.1, 0.15) is 11.5 Å². The van der Waals surface area contributed by atoms with E-state index in [2.05, 4.69) is 16.4 Å². The second-order valence-corrected chi connectivity index (χ2v) is 7.88. The van der Waals surface area contributed by atoms with Gasteiger partial charge in [0, 0.05) is 43.9 Å². The van der Waals surface area contributed by atoms with Crippen LogP contribution in [0.2, 0.25) is 0 Å². The summed E-state index contributed by atoms with van der Waals surface area (Å²) in [6.07, 6.45) is 6.83. The molecular formula is C22H27FN4O2. The molecule has 4 rings (SSSR count). The number of aryl methyl sites for hydroxylation is 2. The molecule has 2 amide bonds. The van der Waals surface area contributed by atoms with Gasteiger partial charge in [-0.2, -0.15) is 0 Å². The first-order valence-corrected chi connectivity index (χ1v) is 10.2. The Labute approximate surface area is 170 Å². The molecule has 0 saturated carbocycles. The van der Waals surface area contributed by atoms with E-state index < -0.39 is 0 Å². The summed E-state index contributed by atoms with van der Waals surface area (Å²) < 4.78 is 19.8. The van der Waals surface area contributed by atoms with Crippen molar-refractivity contribution in [2.75, 3.05) is 24.5 Å². The number of furan rings is 1. The maximum absolute atomic E-state index is 14.0. The summed E-state index contributed by atoms with van der Waals surface area (Å²) in [6, 6.07) is 3.50. The number of hydrogen-bond acceptors (Lipinski definition) is 4. The fourth-order valence-corrected chi connectivity index (χ4v) is 4.32. The number of fused-ring (bicyclic) bond motifs is 1. The number of anilines is 1. The molecule has 2 atom stereocenters. The Kier molecular flexibility index (Phi) is 5.30. The lowest BCUT2D eigenvalue weighted by Crippen LogP contribution is -2.57. The van der Waals surface area contributed by atoms with E-state index in [1.165, 1.54) is 6.20 Å². The maximum Gasteiger partial charge on any atom is 0.318 e. The van der Waals surface area contributed by atoms with Gasteiger partial charge in [0.05, 0.1) is 17.9 Å². The molecule has 0 spiro atoms. The second kappa shape index (κ2) is 7.89. The summed E-state index contributed by atoms with van der Waals surface area (Å²) >= 11 is 0. The molecule has 29 heavy (non-hydrogen) atoms. The Morgan fingerprint density at radius 1 is 1.41 bits per heavy atom. The van der Waals surface area contributed by atoms with Crippen molar-refractivity contribution in [2.45, 2.75) is 45.7 Å². The van der Waals surface area contributed by atoms with E-state index in [1.807, 2.05) is 36.6 Å². The Balaban J connectivity index is 1.40. The molecule has 0 radical (unpaired) electrons. The maximum atomic E-state index is 14.0. The highest BCUT2D eigenvalue weighted by Crippen LogP contribution is 2.31. The summed E-state index contributed by atoms with van der Waals surface area (Å²) in [4.78, 5) is 20.6. The molecule has 3 heterocycles. The van der Waals surface area contributed by atoms with E-state index in [9.17, 15) is 9.18 Å². The number of rotatable bonds is 3. The summed E-state index contributed by atoms with van der Waals surface area (Å²) in [6.45, 7) is 7.65. The average molecular weight is 398 g/mol. The van der Waals surface area contributed by atoms with Crippen molar-refractivity contribution in [3.05, 3.63) is 53.5 Å². The van der Waals surface area contributed by atoms with Gasteiger partial charge < -0.3 is 19.5 Å². The Morgan fingerprint density at radius 2 is 2.24 bits per heavy atom. The number of pyridine rings is 1. The van der Waals surface area contributed by atoms with Gasteiger partial charge in [-0.25, -0.2) is 9.18 Å². The lowest BCUT2D eigenvalue weighted by molar-refractivity contribution is 0.170. The van der Waals surface area contributed by atoms with Crippen molar-refractivity contribution >= 4 is 17.3 Å². The lowest BCUT2D eigenvalue weighted by atomic mass is 9.92. The summed E-state index contributed by atoms with van der Waals surface area (Å²) in [7, 11) is 0. The minimum atomic E-state index is -0.332. The normalized spacial score (nSPS) is 20.1. The third-order valence-corrected chi connectivity index (χ3v) is 5.77. The molecule has 6 nitrogen and oxygen atoms in total. The summed E-state index contributed by atoms with van der Waals surface area (Å²) in [5.74, 6) is 1.57. The molecular weight excluding hydrogens is 371 g/mol. The molecule has 2 aliphatic rings. The van der Waals surface area contributed by atoms with Crippen LogP contribution in [-0.4, -0.2) is 47.6 Å². The number of hydrogen-bond donors (Lipinski definition) is 1. The number of urea groups is 1. The minimum Gasteiger partial charge on any atom is -0.466 e. The highest BCUT2D eigenvalue weighted by atomic mass is 19.1. The van der Waals surface area contributed by atoms with E-state index in [4.69, 9.17) is 4.42 Å². The van der Waals surface area contributed by atoms with Crippen molar-refractivity contribution < 1.29 is 13.6 Å². The summed E-state index contributed by atoms with van der Waals surface area (Å²) in [5.41, 5.74) is 2.75. The third kappa shape index (κ3) is 3.86. The van der Waals surface area contributed by atoms with E-state index in [-0.39, 0.29) is 23.9 Å². The van der Waals surface area contributed by atoms with Crippen LogP contribution in [0, 0.1) is 12.7 Å². The minimum absolute atomic E-state index is 0.0319. The first-order valence-electron chi connectivity index (χ1n) is 10.2. The number of aromatic nitrogens is 1. The smallest absolute Gasteiger partial charge is 0.318 e. The van der Waals surface area contributed by atoms with Gasteiger partial charge in [-0.15, -0.1) is 0 Å². The predicted molar refractivity (Wildman–Crippen MR) is 110 cm³/mol. The Bertz CT molecular complexity index is 939. The zero-order valence-corrected chi connectivity index (χ0v) is 17.1. The molecule has 0 aromatic carbocycles. The topological polar surface area (TPSA) is 61.6 Å². The predicted octanol–water partition coefficient (Wildman–Crippen LogP) is 3.76. The molecule has 2 aromatic rings. The molecule has 0 unspecified atom stereocenters. The van der Waals surface area contributed by atoms with E-state index in [1.54, 1.807) is 12.3 Å². The standard InChI is InChI=1S/C22H27FN4O2/c1-14-13-26(20-7-8-24-12-19(20)23)9-10-27(14)22(28)25-16(3)17-5-4-6-21-18(17)11-15(2)29-21/h5,7-8,11-12,14,16H,4,6,9-10,13H2,1-3H3,(H,25,28)/t14-,16-/m1/s1. The highest BCUT2D eigenvalue weighted by molar-refractivity contribution is 5.81. The van der Waals surface area contributed by atoms with Crippen molar-refractivity contribution in [3.63, 3.8) is 0 Å². The van der Waals surface area contributed by atoms with Crippen LogP contribution in [0.4, 0.5) is 14.9 Å². The third-order valence-electron chi connectivity index (χ3n) is 5.77. The fourth-order valence-electron chi connectivity index (χ4n) is 4.32. The summed E-state index contributed by atoms with van der Waals surface area (Å²) in [5, 5.41) is 3.14. The number of piperazine rings is 1. The molecule has 1 fully saturated rings. The number of carbonyl (C=O) groups excluding carboxylic acids is 1. The molecule has 154 valence electrons. The van der Waals surface area contributed by atoms with E-state index in [0.29, 0.717) is 25.3 Å². The van der Waals surface area contributed by atoms with Crippen LogP contribution in [-0.2, 0) is 6.42 Å². The van der Waals surface area contributed by atoms with Crippen LogP contribution in [0.5, 0.6) is 0 Å². The van der Waals surface area contributed by atoms with Crippen LogP contribution in [0.25, 0.3) is 5.57 Å². The van der Waals surface area contributed by atoms with Crippen LogP contribution in [0.3, 0.4) is 0 Å². The Morgan fingerprint density at radius 3 is 3.00 bits per heavy atom. The van der Waals surface area contributed by atoms with Crippen LogP contribution in [0.1, 0.15) is 37.4 Å². The van der Waals surface area contributed by atoms with Crippen molar-refractivity contribution in [3.8, 4) is 0 Å². The molecule has 0 bridgehead atoms. The monoisotopic (exact) mass is 398 g/mol. The molecule has 1 aliphatic carbocycles. The molecule has 1 saturated heterocycles. The number of amides is 2. The Hall–Kier alpha value is -2.83. The molecule has 7 heteroatoms. The van der Waals surface area contributed by atoms with Crippen LogP contribution in [0.15, 0.2) is 35.0 Å². The van der Waals surface area contributed by atoms with Gasteiger partial charge in [-0.1, -0.05) is 6.08 Å². The SMILES string of the molecule is Cc1cc2c(o1)CCC=C2[C@@H](C)NC(=O)N1CCN(c2ccncc2F)C[C@H]1C. The van der Waals surface area contributed by atoms with Gasteiger partial charge in [-0.3, -0.25) is 4.98 Å². The van der Waals surface area contributed by atoms with Gasteiger partial charge in [0.15, 0.2) is 5.82 Å². The number of halogens is 1. The number of nitrogens with zero attached hydrogens (tertiary/aromatic N) is 3. The van der Waals surface area contributed by atoms with Crippen molar-refractivity contribution in [1.82, 2.24) is 15.2 Å². The zero-order chi connectivity index (χ0) is 20.5. The molecule has 1 N–H and O–H groups in total. The van der Waals surface area contributed by atoms with E-state index >= 15 is 0 Å². The first-order chi connectivity index (χ1) is 13.9. The fraction of sp³-hybridized carbons (Fsp3) is 0.455. The average Bonchev–Trinajstić information content (AvgIpc) is 3.08. The highest BCUT2D eigenvalue weighted by Gasteiger charge is 2.30. The van der Waals surface area contributed by atoms with Gasteiger partial charge in [-0.05, 0) is 44.9 Å². The van der Waals surface area contributed by atoms with Crippen LogP contribution < -0.4 is 10.2 Å². The quantitative estimate of drug-likeness (QED) is 0.855. The number of nitrogens with one attached hydrogen (secondary N) is 1. The van der Waals surface area contributed by atoms with Gasteiger partial charge in [0.25, 0.3) is 0 Å². The number of carbonyl (C=O) groups is 1.